The summed E-state index contributed by atoms with van der Waals surface area (Å²) >= 11 is 5.40. The van der Waals surface area contributed by atoms with Crippen molar-refractivity contribution in [3.63, 3.8) is 0 Å². The van der Waals surface area contributed by atoms with Crippen molar-refractivity contribution in [1.82, 2.24) is 20.8 Å². The van der Waals surface area contributed by atoms with Gasteiger partial charge in [-0.1, -0.05) is 16.7 Å². The van der Waals surface area contributed by atoms with Gasteiger partial charge in [0.2, 0.25) is 5.89 Å². The van der Waals surface area contributed by atoms with Crippen molar-refractivity contribution in [2.75, 3.05) is 19.8 Å². The summed E-state index contributed by atoms with van der Waals surface area (Å²) in [5.74, 6) is -2.56. The summed E-state index contributed by atoms with van der Waals surface area (Å²) in [5, 5.41) is 12.4. The van der Waals surface area contributed by atoms with Gasteiger partial charge in [-0.25, -0.2) is 8.78 Å². The SMILES string of the molecule is O=C(N[C@H]1CC[C@H](c2nnc(OCCOC(F)(F)F)o2)NC1)c1cc(F)c(Cl)c(F)c1. The monoisotopic (exact) mass is 470 g/mol. The fraction of sp³-hybridized carbons (Fsp3) is 0.471. The molecule has 3 rings (SSSR count). The van der Waals surface area contributed by atoms with E-state index in [1.165, 1.54) is 0 Å². The predicted octanol–water partition coefficient (Wildman–Crippen LogP) is 3.14. The number of carbonyl (C=O) groups is 1. The Balaban J connectivity index is 1.45. The molecule has 8 nitrogen and oxygen atoms in total. The van der Waals surface area contributed by atoms with E-state index in [4.69, 9.17) is 20.8 Å². The summed E-state index contributed by atoms with van der Waals surface area (Å²) in [5.41, 5.74) is -0.199. The second-order valence-corrected chi connectivity index (χ2v) is 6.89. The van der Waals surface area contributed by atoms with Gasteiger partial charge in [-0.15, -0.1) is 18.3 Å². The first-order valence-corrected chi connectivity index (χ1v) is 9.36. The largest absolute Gasteiger partial charge is 0.522 e. The van der Waals surface area contributed by atoms with Crippen LogP contribution in [0.3, 0.4) is 0 Å². The van der Waals surface area contributed by atoms with Crippen LogP contribution in [-0.4, -0.2) is 48.3 Å². The molecule has 0 bridgehead atoms. The fourth-order valence-corrected chi connectivity index (χ4v) is 2.96. The molecule has 170 valence electrons. The number of nitrogens with one attached hydrogen (secondary N) is 2. The summed E-state index contributed by atoms with van der Waals surface area (Å²) in [6.45, 7) is -0.863. The van der Waals surface area contributed by atoms with Crippen molar-refractivity contribution >= 4 is 17.5 Å². The molecule has 2 N–H and O–H groups in total. The van der Waals surface area contributed by atoms with Gasteiger partial charge >= 0.3 is 12.4 Å². The Hall–Kier alpha value is -2.51. The molecule has 1 aromatic carbocycles. The number of nitrogens with zero attached hydrogens (tertiary/aromatic N) is 2. The van der Waals surface area contributed by atoms with Crippen LogP contribution in [0.4, 0.5) is 22.0 Å². The van der Waals surface area contributed by atoms with Crippen molar-refractivity contribution in [3.8, 4) is 6.08 Å². The van der Waals surface area contributed by atoms with E-state index in [9.17, 15) is 26.7 Å². The molecule has 0 radical (unpaired) electrons. The summed E-state index contributed by atoms with van der Waals surface area (Å²) in [6.07, 6.45) is -4.10. The molecule has 0 spiro atoms. The Bertz CT molecular complexity index is 895. The minimum Gasteiger partial charge on any atom is -0.447 e. The number of piperidine rings is 1. The molecule has 0 aliphatic carbocycles. The van der Waals surface area contributed by atoms with Crippen LogP contribution in [0.2, 0.25) is 5.02 Å². The summed E-state index contributed by atoms with van der Waals surface area (Å²) in [6, 6.07) is 0.998. The normalized spacial score (nSPS) is 19.3. The third kappa shape index (κ3) is 6.48. The minimum absolute atomic E-state index is 0.165. The predicted molar refractivity (Wildman–Crippen MR) is 94.4 cm³/mol. The summed E-state index contributed by atoms with van der Waals surface area (Å²) in [7, 11) is 0. The fourth-order valence-electron chi connectivity index (χ4n) is 2.85. The molecular formula is C17H16ClF5N4O4. The topological polar surface area (TPSA) is 98.5 Å². The van der Waals surface area contributed by atoms with Gasteiger partial charge in [-0.2, -0.15) is 0 Å². The molecule has 1 aliphatic rings. The molecule has 1 saturated heterocycles. The molecule has 2 aromatic rings. The number of hydrogen-bond acceptors (Lipinski definition) is 7. The lowest BCUT2D eigenvalue weighted by Crippen LogP contribution is -2.46. The molecule has 1 amide bonds. The van der Waals surface area contributed by atoms with Crippen molar-refractivity contribution in [2.45, 2.75) is 31.3 Å². The number of amides is 1. The van der Waals surface area contributed by atoms with E-state index in [0.717, 1.165) is 12.1 Å². The van der Waals surface area contributed by atoms with Gasteiger partial charge in [0.1, 0.15) is 23.3 Å². The van der Waals surface area contributed by atoms with Crippen LogP contribution < -0.4 is 15.4 Å². The lowest BCUT2D eigenvalue weighted by Gasteiger charge is -2.28. The highest BCUT2D eigenvalue weighted by atomic mass is 35.5. The maximum absolute atomic E-state index is 13.5. The average molecular weight is 471 g/mol. The zero-order valence-electron chi connectivity index (χ0n) is 15.6. The van der Waals surface area contributed by atoms with Crippen LogP contribution >= 0.6 is 11.6 Å². The molecule has 1 aliphatic heterocycles. The second kappa shape index (κ2) is 9.75. The number of rotatable bonds is 7. The van der Waals surface area contributed by atoms with E-state index in [-0.39, 0.29) is 29.6 Å². The van der Waals surface area contributed by atoms with Gasteiger partial charge in [0, 0.05) is 18.2 Å². The second-order valence-electron chi connectivity index (χ2n) is 6.51. The van der Waals surface area contributed by atoms with Gasteiger partial charge in [-0.3, -0.25) is 9.53 Å². The zero-order chi connectivity index (χ0) is 22.6. The van der Waals surface area contributed by atoms with Crippen molar-refractivity contribution in [2.24, 2.45) is 0 Å². The molecule has 0 saturated carbocycles. The lowest BCUT2D eigenvalue weighted by molar-refractivity contribution is -0.325. The summed E-state index contributed by atoms with van der Waals surface area (Å²) < 4.78 is 76.4. The van der Waals surface area contributed by atoms with Gasteiger partial charge in [0.25, 0.3) is 5.91 Å². The van der Waals surface area contributed by atoms with Gasteiger partial charge < -0.3 is 19.8 Å². The first-order chi connectivity index (χ1) is 14.6. The zero-order valence-corrected chi connectivity index (χ0v) is 16.4. The van der Waals surface area contributed by atoms with Gasteiger partial charge in [0.05, 0.1) is 12.6 Å². The van der Waals surface area contributed by atoms with Crippen LogP contribution in [0.1, 0.15) is 35.1 Å². The molecular weight excluding hydrogens is 455 g/mol. The number of benzene rings is 1. The highest BCUT2D eigenvalue weighted by molar-refractivity contribution is 6.31. The van der Waals surface area contributed by atoms with E-state index >= 15 is 0 Å². The highest BCUT2D eigenvalue weighted by Crippen LogP contribution is 2.25. The number of hydrogen-bond donors (Lipinski definition) is 2. The molecule has 1 aromatic heterocycles. The van der Waals surface area contributed by atoms with Crippen molar-refractivity contribution < 1.29 is 40.6 Å². The van der Waals surface area contributed by atoms with Gasteiger partial charge in [0.15, 0.2) is 0 Å². The van der Waals surface area contributed by atoms with Crippen LogP contribution in [0.5, 0.6) is 6.08 Å². The Morgan fingerprint density at radius 2 is 1.94 bits per heavy atom. The first kappa shape index (κ1) is 23.2. The molecule has 14 heteroatoms. The molecule has 0 unspecified atom stereocenters. The molecule has 1 fully saturated rings. The molecule has 2 atom stereocenters. The maximum atomic E-state index is 13.5. The Labute approximate surface area is 177 Å². The van der Waals surface area contributed by atoms with Crippen molar-refractivity contribution in [3.05, 3.63) is 40.2 Å². The van der Waals surface area contributed by atoms with Crippen LogP contribution in [0.15, 0.2) is 16.5 Å². The van der Waals surface area contributed by atoms with E-state index in [1.807, 2.05) is 0 Å². The van der Waals surface area contributed by atoms with Crippen LogP contribution in [0, 0.1) is 11.6 Å². The van der Waals surface area contributed by atoms with E-state index in [1.54, 1.807) is 0 Å². The number of ether oxygens (including phenoxy) is 2. The number of carbonyl (C=O) groups excluding carboxylic acids is 1. The standard InChI is InChI=1S/C17H16ClF5N4O4/c18-13-10(19)5-8(6-11(13)20)14(28)25-9-1-2-12(24-7-9)15-26-27-16(31-15)29-3-4-30-17(21,22)23/h5-6,9,12,24H,1-4,7H2,(H,25,28)/t9-,12+/m0/s1. The van der Waals surface area contributed by atoms with Crippen LogP contribution in [-0.2, 0) is 4.74 Å². The first-order valence-electron chi connectivity index (χ1n) is 8.98. The third-order valence-electron chi connectivity index (χ3n) is 4.29. The number of aromatic nitrogens is 2. The lowest BCUT2D eigenvalue weighted by atomic mass is 10.0. The van der Waals surface area contributed by atoms with Crippen LogP contribution in [0.25, 0.3) is 0 Å². The van der Waals surface area contributed by atoms with E-state index in [0.29, 0.717) is 19.4 Å². The quantitative estimate of drug-likeness (QED) is 0.364. The Morgan fingerprint density at radius 3 is 2.55 bits per heavy atom. The average Bonchev–Trinajstić information content (AvgIpc) is 3.18. The number of alkyl halides is 3. The smallest absolute Gasteiger partial charge is 0.447 e. The van der Waals surface area contributed by atoms with Crippen molar-refractivity contribution in [1.29, 1.82) is 0 Å². The Morgan fingerprint density at radius 1 is 1.23 bits per heavy atom. The maximum Gasteiger partial charge on any atom is 0.522 e. The number of halogens is 6. The minimum atomic E-state index is -4.75. The van der Waals surface area contributed by atoms with Gasteiger partial charge in [-0.05, 0) is 25.0 Å². The van der Waals surface area contributed by atoms with E-state index < -0.39 is 42.1 Å². The third-order valence-corrected chi connectivity index (χ3v) is 4.65. The summed E-state index contributed by atoms with van der Waals surface area (Å²) in [4.78, 5) is 12.2. The molecule has 2 heterocycles. The highest BCUT2D eigenvalue weighted by Gasteiger charge is 2.29. The van der Waals surface area contributed by atoms with E-state index in [2.05, 4.69) is 25.6 Å². The molecule has 31 heavy (non-hydrogen) atoms. The Kier molecular flexibility index (Phi) is 7.28.